The number of imidazole rings is 1. The van der Waals surface area contributed by atoms with Crippen LogP contribution in [-0.2, 0) is 0 Å². The van der Waals surface area contributed by atoms with E-state index in [1.54, 1.807) is 12.1 Å². The molecule has 0 spiro atoms. The van der Waals surface area contributed by atoms with E-state index in [4.69, 9.17) is 4.98 Å². The second-order valence-electron chi connectivity index (χ2n) is 7.43. The zero-order valence-electron chi connectivity index (χ0n) is 15.3. The molecule has 2 heterocycles. The Hall–Kier alpha value is -3.93. The summed E-state index contributed by atoms with van der Waals surface area (Å²) in [7, 11) is 0. The first-order valence-electron chi connectivity index (χ1n) is 9.51. The van der Waals surface area contributed by atoms with Gasteiger partial charge < -0.3 is 10.3 Å². The first-order valence-corrected chi connectivity index (χ1v) is 9.51. The molecule has 0 saturated carbocycles. The van der Waals surface area contributed by atoms with Gasteiger partial charge in [-0.1, -0.05) is 48.6 Å². The van der Waals surface area contributed by atoms with Crippen molar-refractivity contribution in [3.63, 3.8) is 0 Å². The number of hydrogen-bond donors (Lipinski definition) is 2. The van der Waals surface area contributed by atoms with Crippen LogP contribution in [0.25, 0.3) is 38.2 Å². The Morgan fingerprint density at radius 3 is 2.62 bits per heavy atom. The molecule has 2 unspecified atom stereocenters. The highest BCUT2D eigenvalue weighted by Gasteiger charge is 2.30. The van der Waals surface area contributed by atoms with E-state index in [9.17, 15) is 10.1 Å². The van der Waals surface area contributed by atoms with Crippen LogP contribution in [0.15, 0.2) is 73.0 Å². The highest BCUT2D eigenvalue weighted by Crippen LogP contribution is 2.38. The van der Waals surface area contributed by atoms with Crippen molar-refractivity contribution in [3.05, 3.63) is 88.9 Å². The molecule has 2 N–H and O–H groups in total. The summed E-state index contributed by atoms with van der Waals surface area (Å²) in [6.45, 7) is 0. The molecule has 3 aromatic carbocycles. The monoisotopic (exact) mass is 380 g/mol. The number of benzene rings is 3. The van der Waals surface area contributed by atoms with Gasteiger partial charge in [-0.2, -0.15) is 0 Å². The third-order valence-electron chi connectivity index (χ3n) is 5.86. The maximum atomic E-state index is 11.4. The number of nitro groups is 1. The Labute approximate surface area is 165 Å². The van der Waals surface area contributed by atoms with E-state index in [0.29, 0.717) is 0 Å². The summed E-state index contributed by atoms with van der Waals surface area (Å²) in [5.41, 5.74) is 2.83. The lowest BCUT2D eigenvalue weighted by atomic mass is 9.91. The normalized spacial score (nSPS) is 20.2. The van der Waals surface area contributed by atoms with Crippen LogP contribution in [0.4, 0.5) is 5.69 Å². The molecule has 0 fully saturated rings. The average Bonchev–Trinajstić information content (AvgIpc) is 3.38. The quantitative estimate of drug-likeness (QED) is 0.296. The van der Waals surface area contributed by atoms with Crippen molar-refractivity contribution in [3.8, 4) is 0 Å². The van der Waals surface area contributed by atoms with Gasteiger partial charge in [-0.15, -0.1) is 0 Å². The van der Waals surface area contributed by atoms with E-state index < -0.39 is 0 Å². The van der Waals surface area contributed by atoms with Crippen molar-refractivity contribution in [2.24, 2.45) is 5.92 Å². The van der Waals surface area contributed by atoms with E-state index in [1.807, 2.05) is 36.5 Å². The largest absolute Gasteiger partial charge is 0.383 e. The van der Waals surface area contributed by atoms with Gasteiger partial charge in [-0.25, -0.2) is 4.98 Å². The number of H-pyrrole nitrogens is 1. The highest BCUT2D eigenvalue weighted by molar-refractivity contribution is 6.23. The summed E-state index contributed by atoms with van der Waals surface area (Å²) in [6, 6.07) is 13.3. The molecule has 0 radical (unpaired) electrons. The number of nitro benzene ring substituents is 1. The zero-order chi connectivity index (χ0) is 19.5. The van der Waals surface area contributed by atoms with E-state index in [-0.39, 0.29) is 22.6 Å². The third kappa shape index (κ3) is 2.26. The summed E-state index contributed by atoms with van der Waals surface area (Å²) in [4.78, 5) is 19.4. The highest BCUT2D eigenvalue weighted by atomic mass is 16.6. The van der Waals surface area contributed by atoms with E-state index in [1.165, 1.54) is 0 Å². The number of nitrogens with zero attached hydrogens (tertiary/aromatic N) is 2. The summed E-state index contributed by atoms with van der Waals surface area (Å²) in [5.74, 6) is 1.01. The molecule has 4 aromatic rings. The van der Waals surface area contributed by atoms with Gasteiger partial charge >= 0.3 is 0 Å². The molecule has 2 atom stereocenters. The Morgan fingerprint density at radius 2 is 1.76 bits per heavy atom. The Morgan fingerprint density at radius 1 is 0.966 bits per heavy atom. The third-order valence-corrected chi connectivity index (χ3v) is 5.86. The number of allylic oxidation sites excluding steroid dienone is 2. The number of non-ortho nitro benzene ring substituents is 1. The summed E-state index contributed by atoms with van der Waals surface area (Å²) < 4.78 is 0. The first-order chi connectivity index (χ1) is 14.2. The van der Waals surface area contributed by atoms with Gasteiger partial charge in [0.25, 0.3) is 5.69 Å². The van der Waals surface area contributed by atoms with Gasteiger partial charge in [0.05, 0.1) is 22.0 Å². The van der Waals surface area contributed by atoms with Crippen LogP contribution >= 0.6 is 0 Å². The number of hydrogen-bond acceptors (Lipinski definition) is 4. The lowest BCUT2D eigenvalue weighted by Crippen LogP contribution is -2.24. The minimum absolute atomic E-state index is 0.0702. The molecule has 140 valence electrons. The van der Waals surface area contributed by atoms with E-state index in [2.05, 4.69) is 34.6 Å². The van der Waals surface area contributed by atoms with Crippen molar-refractivity contribution in [1.29, 1.82) is 0 Å². The summed E-state index contributed by atoms with van der Waals surface area (Å²) in [6.07, 6.45) is 10.4. The molecule has 6 heteroatoms. The number of rotatable bonds is 2. The maximum Gasteiger partial charge on any atom is 0.270 e. The fourth-order valence-electron chi connectivity index (χ4n) is 4.48. The SMILES string of the molecule is O=[N+]([O-])c1ccc2c3ccccc3c3[nH]c(C4=CNC5C=CC=CC45)nc3c2c1. The van der Waals surface area contributed by atoms with Crippen LogP contribution in [0, 0.1) is 16.0 Å². The molecule has 6 rings (SSSR count). The van der Waals surface area contributed by atoms with Crippen molar-refractivity contribution in [2.75, 3.05) is 0 Å². The van der Waals surface area contributed by atoms with Crippen LogP contribution in [0.3, 0.4) is 0 Å². The first kappa shape index (κ1) is 16.1. The molecular weight excluding hydrogens is 364 g/mol. The number of aromatic amines is 1. The van der Waals surface area contributed by atoms with E-state index in [0.717, 1.165) is 44.0 Å². The number of fused-ring (bicyclic) bond motifs is 7. The molecule has 1 aliphatic carbocycles. The second-order valence-corrected chi connectivity index (χ2v) is 7.43. The Bertz CT molecular complexity index is 1430. The molecular formula is C23H16N4O2. The van der Waals surface area contributed by atoms with E-state index >= 15 is 0 Å². The standard InChI is InChI=1S/C23H16N4O2/c28-27(29)13-9-10-15-14-5-1-2-7-17(14)21-22(18(15)11-13)26-23(25-21)19-12-24-20-8-4-3-6-16(19)20/h1-12,16,20,24H,(H,25,26). The minimum Gasteiger partial charge on any atom is -0.383 e. The van der Waals surface area contributed by atoms with Gasteiger partial charge in [0, 0.05) is 40.6 Å². The van der Waals surface area contributed by atoms with Crippen LogP contribution in [0.1, 0.15) is 5.82 Å². The zero-order valence-corrected chi connectivity index (χ0v) is 15.3. The minimum atomic E-state index is -0.360. The van der Waals surface area contributed by atoms with Crippen LogP contribution in [0.2, 0.25) is 0 Å². The van der Waals surface area contributed by atoms with Crippen molar-refractivity contribution >= 4 is 43.8 Å². The predicted octanol–water partition coefficient (Wildman–Crippen LogP) is 4.83. The van der Waals surface area contributed by atoms with Gasteiger partial charge in [-0.3, -0.25) is 10.1 Å². The molecule has 0 amide bonds. The van der Waals surface area contributed by atoms with Crippen molar-refractivity contribution in [1.82, 2.24) is 15.3 Å². The molecule has 1 aromatic heterocycles. The summed E-state index contributed by atoms with van der Waals surface area (Å²) >= 11 is 0. The fourth-order valence-corrected chi connectivity index (χ4v) is 4.48. The molecule has 1 aliphatic heterocycles. The molecule has 2 aliphatic rings. The smallest absolute Gasteiger partial charge is 0.270 e. The van der Waals surface area contributed by atoms with Gasteiger partial charge in [0.15, 0.2) is 0 Å². The van der Waals surface area contributed by atoms with Gasteiger partial charge in [0.2, 0.25) is 0 Å². The van der Waals surface area contributed by atoms with Crippen LogP contribution in [-0.4, -0.2) is 20.9 Å². The van der Waals surface area contributed by atoms with Gasteiger partial charge in [-0.05, 0) is 16.8 Å². The van der Waals surface area contributed by atoms with Crippen molar-refractivity contribution in [2.45, 2.75) is 6.04 Å². The lowest BCUT2D eigenvalue weighted by molar-refractivity contribution is -0.384. The lowest BCUT2D eigenvalue weighted by Gasteiger charge is -2.17. The second kappa shape index (κ2) is 5.78. The Balaban J connectivity index is 1.66. The average molecular weight is 380 g/mol. The molecule has 0 bridgehead atoms. The topological polar surface area (TPSA) is 83.8 Å². The molecule has 0 saturated heterocycles. The Kier molecular flexibility index (Phi) is 3.20. The molecule has 6 nitrogen and oxygen atoms in total. The number of nitrogens with one attached hydrogen (secondary N) is 2. The van der Waals surface area contributed by atoms with Crippen LogP contribution in [0.5, 0.6) is 0 Å². The number of aromatic nitrogens is 2. The molecule has 29 heavy (non-hydrogen) atoms. The maximum absolute atomic E-state index is 11.4. The fraction of sp³-hybridized carbons (Fsp3) is 0.0870. The van der Waals surface area contributed by atoms with Crippen molar-refractivity contribution < 1.29 is 4.92 Å². The van der Waals surface area contributed by atoms with Crippen LogP contribution < -0.4 is 5.32 Å². The predicted molar refractivity (Wildman–Crippen MR) is 114 cm³/mol. The summed E-state index contributed by atoms with van der Waals surface area (Å²) in [5, 5.41) is 18.6. The van der Waals surface area contributed by atoms with Gasteiger partial charge in [0.1, 0.15) is 5.82 Å².